The molecule has 0 saturated heterocycles. The summed E-state index contributed by atoms with van der Waals surface area (Å²) in [4.78, 5) is 11.8. The van der Waals surface area contributed by atoms with Crippen molar-refractivity contribution in [1.82, 2.24) is 0 Å². The van der Waals surface area contributed by atoms with E-state index in [1.165, 1.54) is 0 Å². The highest BCUT2D eigenvalue weighted by Crippen LogP contribution is 2.20. The van der Waals surface area contributed by atoms with Crippen molar-refractivity contribution in [3.63, 3.8) is 0 Å². The molecule has 0 bridgehead atoms. The highest BCUT2D eigenvalue weighted by Gasteiger charge is 2.05. The van der Waals surface area contributed by atoms with Crippen LogP contribution in [0.5, 0.6) is 0 Å². The first-order chi connectivity index (χ1) is 8.15. The van der Waals surface area contributed by atoms with Gasteiger partial charge >= 0.3 is 0 Å². The van der Waals surface area contributed by atoms with E-state index >= 15 is 0 Å². The molecule has 2 aromatic rings. The Kier molecular flexibility index (Phi) is 3.97. The van der Waals surface area contributed by atoms with Crippen molar-refractivity contribution in [2.45, 2.75) is 13.3 Å². The summed E-state index contributed by atoms with van der Waals surface area (Å²) in [5, 5.41) is 6.85. The third-order valence-corrected chi connectivity index (χ3v) is 3.99. The number of benzene rings is 1. The average molecular weight is 310 g/mol. The maximum Gasteiger partial charge on any atom is 0.228 e. The highest BCUT2D eigenvalue weighted by molar-refractivity contribution is 9.10. The van der Waals surface area contributed by atoms with Gasteiger partial charge in [-0.1, -0.05) is 22.0 Å². The molecule has 1 aromatic heterocycles. The number of hydrogen-bond acceptors (Lipinski definition) is 2. The predicted octanol–water partition coefficient (Wildman–Crippen LogP) is 4.00. The molecule has 1 aromatic carbocycles. The second-order valence-electron chi connectivity index (χ2n) is 3.82. The van der Waals surface area contributed by atoms with Gasteiger partial charge in [0.15, 0.2) is 0 Å². The number of aryl methyl sites for hydroxylation is 1. The summed E-state index contributed by atoms with van der Waals surface area (Å²) in [6.07, 6.45) is 0.426. The van der Waals surface area contributed by atoms with Gasteiger partial charge in [-0.05, 0) is 47.0 Å². The number of rotatable bonds is 3. The number of thiophene rings is 1. The van der Waals surface area contributed by atoms with Crippen molar-refractivity contribution in [2.24, 2.45) is 0 Å². The molecule has 1 heterocycles. The molecule has 88 valence electrons. The minimum atomic E-state index is 0.0131. The van der Waals surface area contributed by atoms with Crippen LogP contribution in [0.3, 0.4) is 0 Å². The number of halogens is 1. The van der Waals surface area contributed by atoms with Crippen LogP contribution < -0.4 is 5.32 Å². The molecule has 4 heteroatoms. The monoisotopic (exact) mass is 309 g/mol. The number of anilines is 1. The number of hydrogen-bond donors (Lipinski definition) is 1. The number of amides is 1. The van der Waals surface area contributed by atoms with Gasteiger partial charge in [0.2, 0.25) is 5.91 Å². The summed E-state index contributed by atoms with van der Waals surface area (Å²) >= 11 is 5.05. The summed E-state index contributed by atoms with van der Waals surface area (Å²) in [6, 6.07) is 7.77. The van der Waals surface area contributed by atoms with Crippen LogP contribution in [0.4, 0.5) is 5.69 Å². The zero-order chi connectivity index (χ0) is 12.3. The van der Waals surface area contributed by atoms with Crippen LogP contribution in [0.1, 0.15) is 11.1 Å². The molecule has 0 spiro atoms. The molecule has 0 radical (unpaired) electrons. The molecule has 2 nitrogen and oxygen atoms in total. The van der Waals surface area contributed by atoms with Crippen molar-refractivity contribution >= 4 is 38.9 Å². The van der Waals surface area contributed by atoms with Crippen molar-refractivity contribution in [1.29, 1.82) is 0 Å². The SMILES string of the molecule is Cc1ccc(NC(=O)Cc2ccsc2)cc1Br. The molecule has 0 fully saturated rings. The van der Waals surface area contributed by atoms with Gasteiger partial charge in [-0.15, -0.1) is 0 Å². The Morgan fingerprint density at radius 3 is 2.88 bits per heavy atom. The van der Waals surface area contributed by atoms with E-state index in [4.69, 9.17) is 0 Å². The van der Waals surface area contributed by atoms with Crippen molar-refractivity contribution < 1.29 is 4.79 Å². The fraction of sp³-hybridized carbons (Fsp3) is 0.154. The van der Waals surface area contributed by atoms with Crippen LogP contribution in [0, 0.1) is 6.92 Å². The molecule has 0 aliphatic carbocycles. The van der Waals surface area contributed by atoms with Crippen LogP contribution in [-0.2, 0) is 11.2 Å². The standard InChI is InChI=1S/C13H12BrNOS/c1-9-2-3-11(7-12(9)14)15-13(16)6-10-4-5-17-8-10/h2-5,7-8H,6H2,1H3,(H,15,16). The van der Waals surface area contributed by atoms with Gasteiger partial charge in [0.25, 0.3) is 0 Å². The van der Waals surface area contributed by atoms with Crippen LogP contribution in [0.25, 0.3) is 0 Å². The molecule has 17 heavy (non-hydrogen) atoms. The van der Waals surface area contributed by atoms with E-state index < -0.39 is 0 Å². The van der Waals surface area contributed by atoms with Crippen LogP contribution in [0.2, 0.25) is 0 Å². The minimum absolute atomic E-state index is 0.0131. The molecule has 0 aliphatic heterocycles. The summed E-state index contributed by atoms with van der Waals surface area (Å²) in [5.41, 5.74) is 3.03. The number of carbonyl (C=O) groups is 1. The lowest BCUT2D eigenvalue weighted by atomic mass is 10.2. The Balaban J connectivity index is 2.00. The van der Waals surface area contributed by atoms with E-state index in [9.17, 15) is 4.79 Å². The zero-order valence-electron chi connectivity index (χ0n) is 9.37. The van der Waals surface area contributed by atoms with E-state index in [2.05, 4.69) is 21.2 Å². The average Bonchev–Trinajstić information content (AvgIpc) is 2.76. The Morgan fingerprint density at radius 1 is 1.41 bits per heavy atom. The second kappa shape index (κ2) is 5.47. The van der Waals surface area contributed by atoms with Crippen LogP contribution in [-0.4, -0.2) is 5.91 Å². The second-order valence-corrected chi connectivity index (χ2v) is 5.45. The minimum Gasteiger partial charge on any atom is -0.326 e. The Bertz CT molecular complexity index is 522. The predicted molar refractivity (Wildman–Crippen MR) is 75.5 cm³/mol. The molecular weight excluding hydrogens is 298 g/mol. The molecular formula is C13H12BrNOS. The zero-order valence-corrected chi connectivity index (χ0v) is 11.8. The summed E-state index contributed by atoms with van der Waals surface area (Å²) in [5.74, 6) is 0.0131. The fourth-order valence-electron chi connectivity index (χ4n) is 1.45. The topological polar surface area (TPSA) is 29.1 Å². The summed E-state index contributed by atoms with van der Waals surface area (Å²) in [7, 11) is 0. The van der Waals surface area contributed by atoms with Gasteiger partial charge in [-0.25, -0.2) is 0 Å². The van der Waals surface area contributed by atoms with E-state index in [0.29, 0.717) is 6.42 Å². The van der Waals surface area contributed by atoms with Gasteiger partial charge in [-0.3, -0.25) is 4.79 Å². The van der Waals surface area contributed by atoms with E-state index in [1.807, 2.05) is 41.9 Å². The van der Waals surface area contributed by atoms with E-state index in [0.717, 1.165) is 21.3 Å². The quantitative estimate of drug-likeness (QED) is 0.912. The molecule has 2 rings (SSSR count). The molecule has 1 amide bonds. The maximum atomic E-state index is 11.8. The fourth-order valence-corrected chi connectivity index (χ4v) is 2.50. The lowest BCUT2D eigenvalue weighted by molar-refractivity contribution is -0.115. The van der Waals surface area contributed by atoms with Crippen molar-refractivity contribution in [3.8, 4) is 0 Å². The normalized spacial score (nSPS) is 10.2. The maximum absolute atomic E-state index is 11.8. The summed E-state index contributed by atoms with van der Waals surface area (Å²) in [6.45, 7) is 2.01. The van der Waals surface area contributed by atoms with E-state index in [-0.39, 0.29) is 5.91 Å². The molecule has 0 atom stereocenters. The molecule has 1 N–H and O–H groups in total. The Labute approximate surface area is 113 Å². The van der Waals surface area contributed by atoms with Gasteiger partial charge in [0, 0.05) is 10.2 Å². The third-order valence-electron chi connectivity index (χ3n) is 2.40. The number of nitrogens with one attached hydrogen (secondary N) is 1. The smallest absolute Gasteiger partial charge is 0.228 e. The van der Waals surface area contributed by atoms with Crippen molar-refractivity contribution in [2.75, 3.05) is 5.32 Å². The largest absolute Gasteiger partial charge is 0.326 e. The van der Waals surface area contributed by atoms with Crippen LogP contribution >= 0.6 is 27.3 Å². The van der Waals surface area contributed by atoms with E-state index in [1.54, 1.807) is 11.3 Å². The highest BCUT2D eigenvalue weighted by atomic mass is 79.9. The summed E-state index contributed by atoms with van der Waals surface area (Å²) < 4.78 is 1.01. The first-order valence-electron chi connectivity index (χ1n) is 5.22. The van der Waals surface area contributed by atoms with Crippen molar-refractivity contribution in [3.05, 3.63) is 50.6 Å². The van der Waals surface area contributed by atoms with Gasteiger partial charge < -0.3 is 5.32 Å². The lowest BCUT2D eigenvalue weighted by Crippen LogP contribution is -2.13. The molecule has 0 saturated carbocycles. The first-order valence-corrected chi connectivity index (χ1v) is 6.96. The molecule has 0 aliphatic rings. The molecule has 0 unspecified atom stereocenters. The van der Waals surface area contributed by atoms with Gasteiger partial charge in [0.05, 0.1) is 6.42 Å². The van der Waals surface area contributed by atoms with Gasteiger partial charge in [-0.2, -0.15) is 11.3 Å². The third kappa shape index (κ3) is 3.41. The Hall–Kier alpha value is -1.13. The lowest BCUT2D eigenvalue weighted by Gasteiger charge is -2.06. The first kappa shape index (κ1) is 12.3. The number of carbonyl (C=O) groups excluding carboxylic acids is 1. The van der Waals surface area contributed by atoms with Gasteiger partial charge in [0.1, 0.15) is 0 Å². The Morgan fingerprint density at radius 2 is 2.24 bits per heavy atom. The van der Waals surface area contributed by atoms with Crippen LogP contribution in [0.15, 0.2) is 39.5 Å².